The fraction of sp³-hybridized carbons (Fsp3) is 0.179. The molecule has 0 heterocycles. The van der Waals surface area contributed by atoms with Gasteiger partial charge in [0.25, 0.3) is 5.91 Å². The minimum Gasteiger partial charge on any atom is -0.321 e. The van der Waals surface area contributed by atoms with Crippen molar-refractivity contribution in [2.45, 2.75) is 26.3 Å². The summed E-state index contributed by atoms with van der Waals surface area (Å²) in [6, 6.07) is 22.4. The molecule has 1 aliphatic rings. The average molecular weight is 505 g/mol. The van der Waals surface area contributed by atoms with Crippen LogP contribution in [0, 0.1) is 6.92 Å². The SMILES string of the molecule is Cc1cc(Cl)ccc1N(Cc1ccc(C(=O)Nc2ccc3c4c(cccc24)CC3)cc1)S(C)(=O)=O. The molecule has 1 aliphatic carbocycles. The number of hydrogen-bond donors (Lipinski definition) is 1. The number of anilines is 2. The zero-order valence-corrected chi connectivity index (χ0v) is 21.1. The van der Waals surface area contributed by atoms with E-state index in [1.54, 1.807) is 42.5 Å². The number of nitrogens with zero attached hydrogens (tertiary/aromatic N) is 1. The zero-order valence-electron chi connectivity index (χ0n) is 19.5. The van der Waals surface area contributed by atoms with Crippen LogP contribution in [0.2, 0.25) is 5.02 Å². The van der Waals surface area contributed by atoms with Gasteiger partial charge in [-0.05, 0) is 83.8 Å². The molecule has 35 heavy (non-hydrogen) atoms. The number of rotatable bonds is 6. The van der Waals surface area contributed by atoms with Crippen LogP contribution in [0.1, 0.15) is 32.6 Å². The number of aryl methyl sites for hydroxylation is 3. The summed E-state index contributed by atoms with van der Waals surface area (Å²) in [6.07, 6.45) is 3.25. The maximum Gasteiger partial charge on any atom is 0.255 e. The van der Waals surface area contributed by atoms with E-state index in [1.807, 2.05) is 25.1 Å². The van der Waals surface area contributed by atoms with E-state index in [-0.39, 0.29) is 12.5 Å². The smallest absolute Gasteiger partial charge is 0.255 e. The van der Waals surface area contributed by atoms with Crippen LogP contribution in [0.4, 0.5) is 11.4 Å². The lowest BCUT2D eigenvalue weighted by Crippen LogP contribution is -2.30. The van der Waals surface area contributed by atoms with Gasteiger partial charge in [0.1, 0.15) is 0 Å². The summed E-state index contributed by atoms with van der Waals surface area (Å²) in [5.41, 5.74) is 6.06. The molecule has 0 aliphatic heterocycles. The van der Waals surface area contributed by atoms with E-state index < -0.39 is 10.0 Å². The summed E-state index contributed by atoms with van der Waals surface area (Å²) in [5, 5.41) is 5.91. The van der Waals surface area contributed by atoms with Gasteiger partial charge in [-0.1, -0.05) is 48.0 Å². The average Bonchev–Trinajstić information content (AvgIpc) is 3.24. The second-order valence-corrected chi connectivity index (χ2v) is 11.3. The highest BCUT2D eigenvalue weighted by Crippen LogP contribution is 2.35. The van der Waals surface area contributed by atoms with Crippen molar-refractivity contribution in [3.63, 3.8) is 0 Å². The zero-order chi connectivity index (χ0) is 24.7. The molecule has 0 bridgehead atoms. The first kappa shape index (κ1) is 23.4. The van der Waals surface area contributed by atoms with Gasteiger partial charge in [0.05, 0.1) is 18.5 Å². The molecule has 5 rings (SSSR count). The highest BCUT2D eigenvalue weighted by Gasteiger charge is 2.21. The van der Waals surface area contributed by atoms with Gasteiger partial charge < -0.3 is 5.32 Å². The number of carbonyl (C=O) groups is 1. The van der Waals surface area contributed by atoms with Crippen molar-refractivity contribution in [3.8, 4) is 0 Å². The van der Waals surface area contributed by atoms with E-state index in [2.05, 4.69) is 17.4 Å². The standard InChI is InChI=1S/C28H25ClN2O3S/c1-18-16-23(29)13-15-26(18)31(35(2,33)34)17-19-6-8-22(9-7-19)28(32)30-25-14-12-21-11-10-20-4-3-5-24(25)27(20)21/h3-9,12-16H,10-11,17H2,1-2H3,(H,30,32). The Morgan fingerprint density at radius 1 is 0.971 bits per heavy atom. The highest BCUT2D eigenvalue weighted by atomic mass is 35.5. The molecule has 0 radical (unpaired) electrons. The van der Waals surface area contributed by atoms with Crippen LogP contribution in [0.25, 0.3) is 10.8 Å². The van der Waals surface area contributed by atoms with Gasteiger partial charge in [-0.15, -0.1) is 0 Å². The second kappa shape index (κ2) is 9.02. The van der Waals surface area contributed by atoms with Gasteiger partial charge >= 0.3 is 0 Å². The quantitative estimate of drug-likeness (QED) is 0.344. The molecule has 0 saturated heterocycles. The van der Waals surface area contributed by atoms with Crippen LogP contribution < -0.4 is 9.62 Å². The molecule has 178 valence electrons. The second-order valence-electron chi connectivity index (χ2n) is 8.96. The maximum absolute atomic E-state index is 13.0. The molecule has 0 atom stereocenters. The van der Waals surface area contributed by atoms with Crippen molar-refractivity contribution in [2.75, 3.05) is 15.9 Å². The molecule has 7 heteroatoms. The predicted octanol–water partition coefficient (Wildman–Crippen LogP) is 6.12. The highest BCUT2D eigenvalue weighted by molar-refractivity contribution is 7.92. The van der Waals surface area contributed by atoms with Crippen LogP contribution in [-0.4, -0.2) is 20.6 Å². The van der Waals surface area contributed by atoms with Crippen LogP contribution in [0.3, 0.4) is 0 Å². The van der Waals surface area contributed by atoms with Crippen molar-refractivity contribution in [1.82, 2.24) is 0 Å². The summed E-state index contributed by atoms with van der Waals surface area (Å²) in [6.45, 7) is 1.98. The Morgan fingerprint density at radius 3 is 2.37 bits per heavy atom. The monoisotopic (exact) mass is 504 g/mol. The van der Waals surface area contributed by atoms with Gasteiger partial charge in [0, 0.05) is 21.7 Å². The van der Waals surface area contributed by atoms with E-state index in [0.29, 0.717) is 16.3 Å². The molecule has 0 aromatic heterocycles. The van der Waals surface area contributed by atoms with Crippen molar-refractivity contribution in [2.24, 2.45) is 0 Å². The number of sulfonamides is 1. The third-order valence-electron chi connectivity index (χ3n) is 6.50. The maximum atomic E-state index is 13.0. The van der Waals surface area contributed by atoms with Crippen LogP contribution in [0.15, 0.2) is 72.8 Å². The molecule has 0 spiro atoms. The Balaban J connectivity index is 1.37. The molecular weight excluding hydrogens is 480 g/mol. The molecule has 5 nitrogen and oxygen atoms in total. The first-order chi connectivity index (χ1) is 16.7. The molecular formula is C28H25ClN2O3S. The number of halogens is 1. The third-order valence-corrected chi connectivity index (χ3v) is 7.86. The molecule has 0 fully saturated rings. The summed E-state index contributed by atoms with van der Waals surface area (Å²) in [7, 11) is -3.53. The Kier molecular flexibility index (Phi) is 6.03. The van der Waals surface area contributed by atoms with Gasteiger partial charge in [0.2, 0.25) is 10.0 Å². The lowest BCUT2D eigenvalue weighted by atomic mass is 10.0. The van der Waals surface area contributed by atoms with E-state index in [1.165, 1.54) is 27.1 Å². The van der Waals surface area contributed by atoms with Crippen molar-refractivity contribution in [3.05, 3.63) is 106 Å². The summed E-state index contributed by atoms with van der Waals surface area (Å²) in [4.78, 5) is 13.0. The lowest BCUT2D eigenvalue weighted by molar-refractivity contribution is 0.102. The Morgan fingerprint density at radius 2 is 1.69 bits per heavy atom. The number of carbonyl (C=O) groups excluding carboxylic acids is 1. The van der Waals surface area contributed by atoms with E-state index in [0.717, 1.165) is 35.0 Å². The minimum atomic E-state index is -3.53. The van der Waals surface area contributed by atoms with Crippen molar-refractivity contribution >= 4 is 49.7 Å². The first-order valence-corrected chi connectivity index (χ1v) is 13.6. The fourth-order valence-corrected chi connectivity index (χ4v) is 5.93. The number of amides is 1. The lowest BCUT2D eigenvalue weighted by Gasteiger charge is -2.24. The summed E-state index contributed by atoms with van der Waals surface area (Å²) in [5.74, 6) is -0.205. The van der Waals surface area contributed by atoms with Gasteiger partial charge in [0.15, 0.2) is 0 Å². The summed E-state index contributed by atoms with van der Waals surface area (Å²) >= 11 is 6.05. The van der Waals surface area contributed by atoms with Gasteiger partial charge in [-0.3, -0.25) is 9.10 Å². The molecule has 4 aromatic rings. The van der Waals surface area contributed by atoms with Gasteiger partial charge in [-0.25, -0.2) is 8.42 Å². The largest absolute Gasteiger partial charge is 0.321 e. The Bertz CT molecular complexity index is 1550. The van der Waals surface area contributed by atoms with E-state index in [9.17, 15) is 13.2 Å². The first-order valence-electron chi connectivity index (χ1n) is 11.4. The van der Waals surface area contributed by atoms with Gasteiger partial charge in [-0.2, -0.15) is 0 Å². The van der Waals surface area contributed by atoms with E-state index in [4.69, 9.17) is 11.6 Å². The predicted molar refractivity (Wildman–Crippen MR) is 143 cm³/mol. The van der Waals surface area contributed by atoms with Crippen molar-refractivity contribution in [1.29, 1.82) is 0 Å². The van der Waals surface area contributed by atoms with E-state index >= 15 is 0 Å². The normalized spacial score (nSPS) is 12.7. The Labute approximate surface area is 210 Å². The molecule has 0 saturated carbocycles. The number of benzene rings is 4. The Hall–Kier alpha value is -3.35. The molecule has 0 unspecified atom stereocenters. The number of nitrogens with one attached hydrogen (secondary N) is 1. The topological polar surface area (TPSA) is 66.5 Å². The number of hydrogen-bond acceptors (Lipinski definition) is 3. The molecule has 1 N–H and O–H groups in total. The summed E-state index contributed by atoms with van der Waals surface area (Å²) < 4.78 is 26.4. The van der Waals surface area contributed by atoms with Crippen molar-refractivity contribution < 1.29 is 13.2 Å². The van der Waals surface area contributed by atoms with Crippen LogP contribution in [-0.2, 0) is 29.4 Å². The molecule has 4 aromatic carbocycles. The third kappa shape index (κ3) is 4.64. The van der Waals surface area contributed by atoms with Crippen LogP contribution in [0.5, 0.6) is 0 Å². The fourth-order valence-electron chi connectivity index (χ4n) is 4.76. The van der Waals surface area contributed by atoms with Crippen LogP contribution >= 0.6 is 11.6 Å². The molecule has 1 amide bonds. The minimum absolute atomic E-state index is 0.151.